The lowest BCUT2D eigenvalue weighted by Crippen LogP contribution is -2.55. The van der Waals surface area contributed by atoms with Gasteiger partial charge in [-0.15, -0.1) is 0 Å². The number of nitrogens with zero attached hydrogens (tertiary/aromatic N) is 2. The van der Waals surface area contributed by atoms with Crippen LogP contribution in [0.25, 0.3) is 0 Å². The lowest BCUT2D eigenvalue weighted by atomic mass is 10.1. The third-order valence-corrected chi connectivity index (χ3v) is 5.96. The number of hydrogen-bond acceptors (Lipinski definition) is 4. The number of rotatable bonds is 3. The topological polar surface area (TPSA) is 18.5 Å². The Bertz CT molecular complexity index is 268. The van der Waals surface area contributed by atoms with E-state index in [1.807, 2.05) is 0 Å². The van der Waals surface area contributed by atoms with Crippen LogP contribution in [0.15, 0.2) is 0 Å². The summed E-state index contributed by atoms with van der Waals surface area (Å²) in [5.74, 6) is 2.62. The average Bonchev–Trinajstić information content (AvgIpc) is 2.84. The molecule has 3 aliphatic heterocycles. The van der Waals surface area contributed by atoms with Crippen molar-refractivity contribution in [2.24, 2.45) is 0 Å². The molecule has 3 unspecified atom stereocenters. The fourth-order valence-electron chi connectivity index (χ4n) is 3.69. The van der Waals surface area contributed by atoms with E-state index in [2.05, 4.69) is 33.8 Å². The standard InChI is InChI=1S/C14H27N3S/c1-12-9-17-6-2-3-14(17)10-16(12)7-4-13-11-18-8-5-15-13/h12-15H,2-11H2,1H3. The van der Waals surface area contributed by atoms with Crippen LogP contribution < -0.4 is 5.32 Å². The molecule has 0 bridgehead atoms. The van der Waals surface area contributed by atoms with E-state index >= 15 is 0 Å². The van der Waals surface area contributed by atoms with Gasteiger partial charge in [0, 0.05) is 55.8 Å². The van der Waals surface area contributed by atoms with Gasteiger partial charge in [0.25, 0.3) is 0 Å². The minimum atomic E-state index is 0.760. The summed E-state index contributed by atoms with van der Waals surface area (Å²) in [5.41, 5.74) is 0. The van der Waals surface area contributed by atoms with Gasteiger partial charge in [0.05, 0.1) is 0 Å². The lowest BCUT2D eigenvalue weighted by Gasteiger charge is -2.43. The van der Waals surface area contributed by atoms with Crippen LogP contribution in [0.3, 0.4) is 0 Å². The molecule has 3 rings (SSSR count). The van der Waals surface area contributed by atoms with Crippen LogP contribution in [0.1, 0.15) is 26.2 Å². The van der Waals surface area contributed by atoms with E-state index in [1.54, 1.807) is 0 Å². The zero-order valence-corrected chi connectivity index (χ0v) is 12.4. The fourth-order valence-corrected chi connectivity index (χ4v) is 4.68. The Balaban J connectivity index is 1.46. The highest BCUT2D eigenvalue weighted by Crippen LogP contribution is 2.24. The van der Waals surface area contributed by atoms with Gasteiger partial charge in [-0.2, -0.15) is 11.8 Å². The van der Waals surface area contributed by atoms with E-state index in [0.717, 1.165) is 18.1 Å². The summed E-state index contributed by atoms with van der Waals surface area (Å²) in [6, 6.07) is 2.39. The summed E-state index contributed by atoms with van der Waals surface area (Å²) in [6.07, 6.45) is 4.19. The molecule has 18 heavy (non-hydrogen) atoms. The van der Waals surface area contributed by atoms with Crippen LogP contribution in [-0.4, -0.2) is 72.2 Å². The third-order valence-electron chi connectivity index (χ3n) is 4.83. The highest BCUT2D eigenvalue weighted by Gasteiger charge is 2.34. The van der Waals surface area contributed by atoms with Crippen molar-refractivity contribution in [3.05, 3.63) is 0 Å². The molecule has 0 aromatic rings. The minimum Gasteiger partial charge on any atom is -0.312 e. The molecular weight excluding hydrogens is 242 g/mol. The molecule has 3 saturated heterocycles. The first-order valence-corrected chi connectivity index (χ1v) is 8.77. The van der Waals surface area contributed by atoms with Gasteiger partial charge < -0.3 is 5.32 Å². The molecule has 0 saturated carbocycles. The van der Waals surface area contributed by atoms with Gasteiger partial charge in [0.15, 0.2) is 0 Å². The Labute approximate surface area is 116 Å². The predicted molar refractivity (Wildman–Crippen MR) is 79.4 cm³/mol. The van der Waals surface area contributed by atoms with Crippen LogP contribution >= 0.6 is 11.8 Å². The first kappa shape index (κ1) is 13.2. The second-order valence-corrected chi connectivity index (χ2v) is 7.30. The smallest absolute Gasteiger partial charge is 0.0224 e. The predicted octanol–water partition coefficient (Wildman–Crippen LogP) is 1.25. The molecule has 3 nitrogen and oxygen atoms in total. The molecule has 3 fully saturated rings. The van der Waals surface area contributed by atoms with E-state index in [0.29, 0.717) is 0 Å². The maximum Gasteiger partial charge on any atom is 0.0224 e. The summed E-state index contributed by atoms with van der Waals surface area (Å²) in [6.45, 7) is 8.89. The van der Waals surface area contributed by atoms with Crippen molar-refractivity contribution in [1.82, 2.24) is 15.1 Å². The first-order chi connectivity index (χ1) is 8.83. The molecule has 0 aromatic carbocycles. The highest BCUT2D eigenvalue weighted by molar-refractivity contribution is 7.99. The van der Waals surface area contributed by atoms with Crippen molar-refractivity contribution in [2.75, 3.05) is 44.2 Å². The normalized spacial score (nSPS) is 38.8. The zero-order valence-electron chi connectivity index (χ0n) is 11.6. The van der Waals surface area contributed by atoms with Crippen LogP contribution in [0.5, 0.6) is 0 Å². The average molecular weight is 269 g/mol. The van der Waals surface area contributed by atoms with E-state index < -0.39 is 0 Å². The SMILES string of the molecule is CC1CN2CCCC2CN1CCC1CSCCN1. The molecule has 0 aliphatic carbocycles. The van der Waals surface area contributed by atoms with Crippen molar-refractivity contribution in [2.45, 2.75) is 44.3 Å². The second-order valence-electron chi connectivity index (χ2n) is 6.15. The number of hydrogen-bond donors (Lipinski definition) is 1. The Morgan fingerprint density at radius 3 is 3.11 bits per heavy atom. The maximum absolute atomic E-state index is 3.66. The monoisotopic (exact) mass is 269 g/mol. The Hall–Kier alpha value is 0.230. The second kappa shape index (κ2) is 6.12. The molecule has 1 N–H and O–H groups in total. The van der Waals surface area contributed by atoms with Crippen LogP contribution in [0.4, 0.5) is 0 Å². The molecule has 3 atom stereocenters. The Morgan fingerprint density at radius 2 is 2.28 bits per heavy atom. The summed E-state index contributed by atoms with van der Waals surface area (Å²) < 4.78 is 0. The summed E-state index contributed by atoms with van der Waals surface area (Å²) in [4.78, 5) is 5.46. The first-order valence-electron chi connectivity index (χ1n) is 7.62. The Kier molecular flexibility index (Phi) is 4.50. The zero-order chi connectivity index (χ0) is 12.4. The molecule has 0 aromatic heterocycles. The molecule has 3 aliphatic rings. The molecule has 0 spiro atoms. The third kappa shape index (κ3) is 3.03. The van der Waals surface area contributed by atoms with Crippen LogP contribution in [0.2, 0.25) is 0 Å². The molecule has 0 amide bonds. The largest absolute Gasteiger partial charge is 0.312 e. The summed E-state index contributed by atoms with van der Waals surface area (Å²) in [7, 11) is 0. The van der Waals surface area contributed by atoms with Crippen molar-refractivity contribution in [3.63, 3.8) is 0 Å². The van der Waals surface area contributed by atoms with Crippen LogP contribution in [-0.2, 0) is 0 Å². The quantitative estimate of drug-likeness (QED) is 0.831. The minimum absolute atomic E-state index is 0.760. The van der Waals surface area contributed by atoms with E-state index in [4.69, 9.17) is 0 Å². The van der Waals surface area contributed by atoms with Crippen molar-refractivity contribution >= 4 is 11.8 Å². The van der Waals surface area contributed by atoms with E-state index in [9.17, 15) is 0 Å². The molecule has 104 valence electrons. The lowest BCUT2D eigenvalue weighted by molar-refractivity contribution is 0.0572. The van der Waals surface area contributed by atoms with Gasteiger partial charge in [0.2, 0.25) is 0 Å². The Morgan fingerprint density at radius 1 is 1.33 bits per heavy atom. The molecule has 4 heteroatoms. The number of piperazine rings is 1. The number of fused-ring (bicyclic) bond motifs is 1. The maximum atomic E-state index is 3.66. The molecule has 0 radical (unpaired) electrons. The van der Waals surface area contributed by atoms with E-state index in [1.165, 1.54) is 63.5 Å². The van der Waals surface area contributed by atoms with Gasteiger partial charge in [-0.1, -0.05) is 0 Å². The van der Waals surface area contributed by atoms with E-state index in [-0.39, 0.29) is 0 Å². The number of thioether (sulfide) groups is 1. The van der Waals surface area contributed by atoms with Crippen molar-refractivity contribution in [1.29, 1.82) is 0 Å². The number of nitrogens with one attached hydrogen (secondary N) is 1. The summed E-state index contributed by atoms with van der Waals surface area (Å²) >= 11 is 2.12. The fraction of sp³-hybridized carbons (Fsp3) is 1.00. The molecule has 3 heterocycles. The van der Waals surface area contributed by atoms with Crippen molar-refractivity contribution < 1.29 is 0 Å². The van der Waals surface area contributed by atoms with Gasteiger partial charge >= 0.3 is 0 Å². The summed E-state index contributed by atoms with van der Waals surface area (Å²) in [5, 5.41) is 3.66. The van der Waals surface area contributed by atoms with Crippen molar-refractivity contribution in [3.8, 4) is 0 Å². The van der Waals surface area contributed by atoms with Gasteiger partial charge in [-0.05, 0) is 32.7 Å². The van der Waals surface area contributed by atoms with Gasteiger partial charge in [-0.3, -0.25) is 9.80 Å². The molecular formula is C14H27N3S. The van der Waals surface area contributed by atoms with Gasteiger partial charge in [-0.25, -0.2) is 0 Å². The van der Waals surface area contributed by atoms with Gasteiger partial charge in [0.1, 0.15) is 0 Å². The van der Waals surface area contributed by atoms with Crippen LogP contribution in [0, 0.1) is 0 Å². The highest BCUT2D eigenvalue weighted by atomic mass is 32.2.